The minimum atomic E-state index is -1.59. The van der Waals surface area contributed by atoms with E-state index in [1.807, 2.05) is 24.3 Å². The number of aromatic hydroxyl groups is 1. The number of carbonyl (C=O) groups is 4. The van der Waals surface area contributed by atoms with Gasteiger partial charge in [0.15, 0.2) is 12.0 Å². The van der Waals surface area contributed by atoms with Gasteiger partial charge in [-0.2, -0.15) is 4.79 Å². The van der Waals surface area contributed by atoms with E-state index >= 15 is 9.59 Å². The van der Waals surface area contributed by atoms with Gasteiger partial charge in [0.1, 0.15) is 30.9 Å². The number of phenols is 1. The van der Waals surface area contributed by atoms with Gasteiger partial charge in [0, 0.05) is 18.5 Å². The van der Waals surface area contributed by atoms with Crippen molar-refractivity contribution in [3.8, 4) is 5.75 Å². The number of benzene rings is 5. The number of carbonyl (C=O) groups excluding carboxylic acids is 4. The Hall–Kier alpha value is -6.79. The lowest BCUT2D eigenvalue weighted by atomic mass is 9.86. The van der Waals surface area contributed by atoms with Gasteiger partial charge in [-0.05, 0) is 59.9 Å². The van der Waals surface area contributed by atoms with Gasteiger partial charge in [0.05, 0.1) is 0 Å². The largest absolute Gasteiger partial charge is 0.525 e. The van der Waals surface area contributed by atoms with Crippen LogP contribution < -0.4 is 16.8 Å². The Balaban J connectivity index is 1.72. The molecule has 0 aliphatic heterocycles. The van der Waals surface area contributed by atoms with Crippen LogP contribution in [0.5, 0.6) is 5.75 Å². The Bertz CT molecular complexity index is 2040. The standard InChI is InChI=1S/C44H45N5O7/c1-31(34-24-26-37(50)27-25-34)49(44(54)56-30-33-17-8-3-9-18-33,41(52)39(35-19-10-4-11-20-35)36-21-12-5-13-22-36)38(23-14-28-47-42(45)46)40(51)48-43(53)55-29-32-15-6-2-7-16-32/h2-13,15-22,24-27,31,38-39H,14,23,28-30H2,1H3,(H5-,45,46,47,48,50,51,53)/p+1/t31?,38-,49-/m1/s1. The lowest BCUT2D eigenvalue weighted by molar-refractivity contribution is -0.831. The molecular formula is C44H46N5O7+. The van der Waals surface area contributed by atoms with Gasteiger partial charge in [-0.15, -0.1) is 4.48 Å². The van der Waals surface area contributed by atoms with Crippen molar-refractivity contribution in [2.45, 2.75) is 51.0 Å². The molecule has 0 fully saturated rings. The summed E-state index contributed by atoms with van der Waals surface area (Å²) in [4.78, 5) is 63.6. The number of ether oxygens (including phenoxy) is 2. The predicted octanol–water partition coefficient (Wildman–Crippen LogP) is 6.84. The molecule has 0 saturated heterocycles. The number of nitrogens with two attached hydrogens (primary N) is 2. The third kappa shape index (κ3) is 10.0. The van der Waals surface area contributed by atoms with E-state index in [-0.39, 0.29) is 44.3 Å². The second-order valence-electron chi connectivity index (χ2n) is 13.2. The van der Waals surface area contributed by atoms with Crippen LogP contribution in [0.2, 0.25) is 0 Å². The minimum absolute atomic E-state index is 0.0452. The van der Waals surface area contributed by atoms with Crippen LogP contribution in [-0.2, 0) is 32.3 Å². The molecule has 56 heavy (non-hydrogen) atoms. The Morgan fingerprint density at radius 3 is 1.66 bits per heavy atom. The van der Waals surface area contributed by atoms with Crippen molar-refractivity contribution in [1.82, 2.24) is 5.32 Å². The number of nitrogens with zero attached hydrogens (tertiary/aromatic N) is 2. The Morgan fingerprint density at radius 2 is 1.16 bits per heavy atom. The van der Waals surface area contributed by atoms with Gasteiger partial charge in [-0.3, -0.25) is 15.1 Å². The molecule has 6 N–H and O–H groups in total. The van der Waals surface area contributed by atoms with E-state index < -0.39 is 46.5 Å². The molecule has 0 bridgehead atoms. The second kappa shape index (κ2) is 19.5. The summed E-state index contributed by atoms with van der Waals surface area (Å²) < 4.78 is 10.3. The highest BCUT2D eigenvalue weighted by Crippen LogP contribution is 2.42. The fourth-order valence-electron chi connectivity index (χ4n) is 6.74. The first-order chi connectivity index (χ1) is 27.1. The molecule has 12 heteroatoms. The summed E-state index contributed by atoms with van der Waals surface area (Å²) in [6.07, 6.45) is -2.13. The van der Waals surface area contributed by atoms with Gasteiger partial charge < -0.3 is 26.0 Å². The van der Waals surface area contributed by atoms with Gasteiger partial charge in [0.25, 0.3) is 5.91 Å². The highest BCUT2D eigenvalue weighted by Gasteiger charge is 2.61. The van der Waals surface area contributed by atoms with Crippen molar-refractivity contribution in [1.29, 1.82) is 0 Å². The maximum absolute atomic E-state index is 16.0. The zero-order chi connectivity index (χ0) is 39.9. The van der Waals surface area contributed by atoms with Crippen molar-refractivity contribution >= 4 is 30.0 Å². The Kier molecular flexibility index (Phi) is 14.1. The van der Waals surface area contributed by atoms with E-state index in [0.717, 1.165) is 0 Å². The van der Waals surface area contributed by atoms with E-state index in [0.29, 0.717) is 27.8 Å². The van der Waals surface area contributed by atoms with Crippen LogP contribution >= 0.6 is 0 Å². The minimum Gasteiger partial charge on any atom is -0.508 e. The zero-order valence-electron chi connectivity index (χ0n) is 31.1. The van der Waals surface area contributed by atoms with Crippen molar-refractivity contribution in [2.75, 3.05) is 6.54 Å². The molecule has 0 aromatic heterocycles. The molecule has 0 spiro atoms. The molecule has 0 aliphatic rings. The molecule has 0 aliphatic carbocycles. The number of alkyl carbamates (subject to hydrolysis) is 1. The van der Waals surface area contributed by atoms with Gasteiger partial charge >= 0.3 is 18.1 Å². The van der Waals surface area contributed by atoms with Crippen molar-refractivity contribution in [2.24, 2.45) is 16.5 Å². The number of quaternary nitrogens is 1. The lowest BCUT2D eigenvalue weighted by Crippen LogP contribution is -2.69. The summed E-state index contributed by atoms with van der Waals surface area (Å²) in [5.41, 5.74) is 14.1. The molecule has 5 aromatic rings. The number of hydrogen-bond acceptors (Lipinski definition) is 8. The van der Waals surface area contributed by atoms with Gasteiger partial charge in [0.2, 0.25) is 0 Å². The molecule has 288 valence electrons. The summed E-state index contributed by atoms with van der Waals surface area (Å²) in [7, 11) is 0. The van der Waals surface area contributed by atoms with Crippen LogP contribution in [0.15, 0.2) is 151 Å². The van der Waals surface area contributed by atoms with E-state index in [1.54, 1.807) is 116 Å². The van der Waals surface area contributed by atoms with Crippen molar-refractivity contribution < 1.29 is 38.2 Å². The fourth-order valence-corrected chi connectivity index (χ4v) is 6.74. The average Bonchev–Trinajstić information content (AvgIpc) is 3.22. The quantitative estimate of drug-likeness (QED) is 0.0385. The monoisotopic (exact) mass is 756 g/mol. The molecule has 3 atom stereocenters. The second-order valence-corrected chi connectivity index (χ2v) is 13.2. The SMILES string of the molecule is CC(c1ccc(O)cc1)[N@+](C(=O)OCc1ccccc1)(C(=O)C(c1ccccc1)c1ccccc1)[C@H](CCCN=C(N)N)C(=O)NC(=O)OCc1ccccc1. The topological polar surface area (TPSA) is 183 Å². The highest BCUT2D eigenvalue weighted by atomic mass is 16.6. The van der Waals surface area contributed by atoms with Crippen molar-refractivity contribution in [3.63, 3.8) is 0 Å². The number of nitrogens with one attached hydrogen (secondary N) is 1. The smallest absolute Gasteiger partial charge is 0.508 e. The Morgan fingerprint density at radius 1 is 0.679 bits per heavy atom. The zero-order valence-corrected chi connectivity index (χ0v) is 31.1. The average molecular weight is 757 g/mol. The first kappa shape index (κ1) is 40.4. The van der Waals surface area contributed by atoms with Crippen LogP contribution in [0, 0.1) is 0 Å². The van der Waals surface area contributed by atoms with Crippen LogP contribution in [-0.4, -0.2) is 52.1 Å². The van der Waals surface area contributed by atoms with E-state index in [4.69, 9.17) is 20.9 Å². The molecule has 12 nitrogen and oxygen atoms in total. The summed E-state index contributed by atoms with van der Waals surface area (Å²) >= 11 is 0. The Labute approximate surface area is 326 Å². The first-order valence-electron chi connectivity index (χ1n) is 18.2. The van der Waals surface area contributed by atoms with Crippen LogP contribution in [0.4, 0.5) is 9.59 Å². The number of rotatable bonds is 15. The number of aliphatic imine (C=N–C) groups is 1. The van der Waals surface area contributed by atoms with E-state index in [9.17, 15) is 14.7 Å². The summed E-state index contributed by atoms with van der Waals surface area (Å²) in [6.45, 7) is 1.33. The third-order valence-electron chi connectivity index (χ3n) is 9.53. The van der Waals surface area contributed by atoms with Gasteiger partial charge in [-0.25, -0.2) is 9.59 Å². The van der Waals surface area contributed by atoms with Crippen LogP contribution in [0.25, 0.3) is 0 Å². The molecule has 0 saturated carbocycles. The van der Waals surface area contributed by atoms with Crippen LogP contribution in [0.3, 0.4) is 0 Å². The third-order valence-corrected chi connectivity index (χ3v) is 9.53. The highest BCUT2D eigenvalue weighted by molar-refractivity contribution is 5.98. The van der Waals surface area contributed by atoms with Gasteiger partial charge in [-0.1, -0.05) is 121 Å². The molecule has 0 heterocycles. The van der Waals surface area contributed by atoms with E-state index in [1.165, 1.54) is 12.1 Å². The maximum atomic E-state index is 16.0. The molecular weight excluding hydrogens is 711 g/mol. The van der Waals surface area contributed by atoms with Crippen LogP contribution in [0.1, 0.15) is 59.5 Å². The number of guanidine groups is 1. The summed E-state index contributed by atoms with van der Waals surface area (Å²) in [5.74, 6) is -2.97. The summed E-state index contributed by atoms with van der Waals surface area (Å²) in [5, 5.41) is 12.6. The molecule has 5 rings (SSSR count). The number of hydrogen-bond donors (Lipinski definition) is 4. The molecule has 5 aromatic carbocycles. The molecule has 4 amide bonds. The van der Waals surface area contributed by atoms with Crippen molar-refractivity contribution in [3.05, 3.63) is 173 Å². The fraction of sp³-hybridized carbons (Fsp3) is 0.205. The summed E-state index contributed by atoms with van der Waals surface area (Å²) in [6, 6.07) is 39.0. The number of phenolic OH excluding ortho intramolecular Hbond substituents is 1. The molecule has 0 radical (unpaired) electrons. The van der Waals surface area contributed by atoms with E-state index in [2.05, 4.69) is 10.3 Å². The predicted molar refractivity (Wildman–Crippen MR) is 212 cm³/mol. The number of imide groups is 2. The first-order valence-corrected chi connectivity index (χ1v) is 18.2. The normalized spacial score (nSPS) is 13.0. The number of amides is 4. The maximum Gasteiger partial charge on any atom is 0.525 e. The molecule has 1 unspecified atom stereocenters. The lowest BCUT2D eigenvalue weighted by Gasteiger charge is -2.43.